The molecular formula is C21H22N+. The summed E-state index contributed by atoms with van der Waals surface area (Å²) in [5, 5.41) is 0. The Morgan fingerprint density at radius 2 is 1.05 bits per heavy atom. The van der Waals surface area contributed by atoms with Gasteiger partial charge in [0.25, 0.3) is 0 Å². The molecule has 0 bridgehead atoms. The first-order valence-corrected chi connectivity index (χ1v) is 7.95. The Morgan fingerprint density at radius 1 is 0.591 bits per heavy atom. The van der Waals surface area contributed by atoms with Crippen LogP contribution < -0.4 is 4.90 Å². The van der Waals surface area contributed by atoms with Crippen molar-refractivity contribution in [1.82, 2.24) is 0 Å². The summed E-state index contributed by atoms with van der Waals surface area (Å²) in [5.74, 6) is 0. The number of hydrogen-bond acceptors (Lipinski definition) is 0. The number of rotatable bonds is 5. The minimum Gasteiger partial charge on any atom is -0.238 e. The molecule has 0 radical (unpaired) electrons. The molecule has 0 fully saturated rings. The van der Waals surface area contributed by atoms with E-state index in [0.717, 1.165) is 6.42 Å². The van der Waals surface area contributed by atoms with Crippen LogP contribution in [0.15, 0.2) is 84.9 Å². The van der Waals surface area contributed by atoms with Gasteiger partial charge in [-0.25, -0.2) is 4.90 Å². The van der Waals surface area contributed by atoms with Crippen molar-refractivity contribution in [3.05, 3.63) is 90.5 Å². The Balaban J connectivity index is 2.02. The van der Waals surface area contributed by atoms with E-state index in [1.54, 1.807) is 0 Å². The minimum atomic E-state index is 1.15. The molecule has 0 saturated carbocycles. The summed E-state index contributed by atoms with van der Waals surface area (Å²) in [6, 6.07) is 30.3. The van der Waals surface area contributed by atoms with Crippen molar-refractivity contribution in [3.8, 4) is 0 Å². The smallest absolute Gasteiger partial charge is 0.141 e. The summed E-state index contributed by atoms with van der Waals surface area (Å²) in [6.07, 6.45) is 2.33. The van der Waals surface area contributed by atoms with E-state index in [2.05, 4.69) is 91.9 Å². The van der Waals surface area contributed by atoms with Crippen LogP contribution in [0.25, 0.3) is 0 Å². The van der Waals surface area contributed by atoms with Gasteiger partial charge in [0.1, 0.15) is 17.1 Å². The molecule has 0 saturated heterocycles. The molecule has 0 aliphatic heterocycles. The normalized spacial score (nSPS) is 10.8. The number of hydrogen-bond donors (Lipinski definition) is 1. The van der Waals surface area contributed by atoms with Crippen molar-refractivity contribution in [2.75, 3.05) is 0 Å². The molecule has 0 aliphatic rings. The van der Waals surface area contributed by atoms with Gasteiger partial charge in [-0.3, -0.25) is 0 Å². The molecule has 1 heteroatoms. The zero-order valence-corrected chi connectivity index (χ0v) is 13.0. The average molecular weight is 288 g/mol. The van der Waals surface area contributed by atoms with E-state index in [1.807, 2.05) is 0 Å². The number of benzene rings is 3. The highest BCUT2D eigenvalue weighted by Gasteiger charge is 2.17. The fraction of sp³-hybridized carbons (Fsp3) is 0.143. The first-order chi connectivity index (χ1) is 10.9. The van der Waals surface area contributed by atoms with E-state index >= 15 is 0 Å². The zero-order valence-electron chi connectivity index (χ0n) is 13.0. The Labute approximate surface area is 132 Å². The molecule has 0 atom stereocenters. The van der Waals surface area contributed by atoms with Crippen LogP contribution in [0.4, 0.5) is 17.1 Å². The standard InChI is InChI=1S/C21H21N/c1-2-9-18-14-16-21(17-15-18)22(19-10-5-3-6-11-19)20-12-7-4-8-13-20/h3-8,10-17H,2,9H2,1H3/p+1. The topological polar surface area (TPSA) is 4.44 Å². The lowest BCUT2D eigenvalue weighted by atomic mass is 10.1. The van der Waals surface area contributed by atoms with Gasteiger partial charge in [-0.2, -0.15) is 0 Å². The molecule has 0 amide bonds. The van der Waals surface area contributed by atoms with Crippen LogP contribution in [0.2, 0.25) is 0 Å². The molecule has 22 heavy (non-hydrogen) atoms. The van der Waals surface area contributed by atoms with Crippen LogP contribution in [-0.2, 0) is 6.42 Å². The predicted molar refractivity (Wildman–Crippen MR) is 93.3 cm³/mol. The number of para-hydroxylation sites is 2. The molecule has 0 spiro atoms. The van der Waals surface area contributed by atoms with E-state index in [-0.39, 0.29) is 0 Å². The van der Waals surface area contributed by atoms with Crippen LogP contribution in [-0.4, -0.2) is 0 Å². The molecule has 3 rings (SSSR count). The predicted octanol–water partition coefficient (Wildman–Crippen LogP) is 4.82. The molecule has 0 aromatic heterocycles. The third-order valence-electron chi connectivity index (χ3n) is 3.91. The van der Waals surface area contributed by atoms with E-state index in [9.17, 15) is 0 Å². The number of nitrogens with one attached hydrogen (secondary N) is 1. The van der Waals surface area contributed by atoms with E-state index in [1.165, 1.54) is 33.9 Å². The largest absolute Gasteiger partial charge is 0.238 e. The molecule has 110 valence electrons. The van der Waals surface area contributed by atoms with Gasteiger partial charge in [0.2, 0.25) is 0 Å². The van der Waals surface area contributed by atoms with Crippen molar-refractivity contribution >= 4 is 17.1 Å². The molecule has 1 nitrogen and oxygen atoms in total. The molecule has 3 aromatic carbocycles. The van der Waals surface area contributed by atoms with Crippen molar-refractivity contribution in [2.24, 2.45) is 0 Å². The van der Waals surface area contributed by atoms with Gasteiger partial charge < -0.3 is 0 Å². The van der Waals surface area contributed by atoms with Crippen molar-refractivity contribution in [1.29, 1.82) is 0 Å². The van der Waals surface area contributed by atoms with Gasteiger partial charge >= 0.3 is 0 Å². The molecule has 0 unspecified atom stereocenters. The van der Waals surface area contributed by atoms with Gasteiger partial charge in [0.15, 0.2) is 0 Å². The summed E-state index contributed by atoms with van der Waals surface area (Å²) >= 11 is 0. The van der Waals surface area contributed by atoms with Crippen LogP contribution in [0, 0.1) is 0 Å². The van der Waals surface area contributed by atoms with Gasteiger partial charge in [0, 0.05) is 12.1 Å². The van der Waals surface area contributed by atoms with Crippen molar-refractivity contribution in [2.45, 2.75) is 19.8 Å². The molecule has 3 aromatic rings. The summed E-state index contributed by atoms with van der Waals surface area (Å²) in [5.41, 5.74) is 5.21. The lowest BCUT2D eigenvalue weighted by Crippen LogP contribution is -2.96. The summed E-state index contributed by atoms with van der Waals surface area (Å²) in [7, 11) is 0. The minimum absolute atomic E-state index is 1.15. The Morgan fingerprint density at radius 3 is 1.50 bits per heavy atom. The van der Waals surface area contributed by atoms with Crippen LogP contribution in [0.1, 0.15) is 18.9 Å². The van der Waals surface area contributed by atoms with Crippen LogP contribution in [0.3, 0.4) is 0 Å². The Kier molecular flexibility index (Phi) is 4.67. The second kappa shape index (κ2) is 7.06. The van der Waals surface area contributed by atoms with Gasteiger partial charge in [0.05, 0.1) is 0 Å². The third kappa shape index (κ3) is 3.26. The summed E-state index contributed by atoms with van der Waals surface area (Å²) in [4.78, 5) is 1.30. The highest BCUT2D eigenvalue weighted by molar-refractivity contribution is 5.46. The van der Waals surface area contributed by atoms with E-state index in [0.29, 0.717) is 0 Å². The van der Waals surface area contributed by atoms with Gasteiger partial charge in [-0.05, 0) is 36.2 Å². The number of quaternary nitrogens is 1. The van der Waals surface area contributed by atoms with Crippen molar-refractivity contribution < 1.29 is 4.90 Å². The summed E-state index contributed by atoms with van der Waals surface area (Å²) < 4.78 is 0. The fourth-order valence-electron chi connectivity index (χ4n) is 2.84. The summed E-state index contributed by atoms with van der Waals surface area (Å²) in [6.45, 7) is 2.22. The SMILES string of the molecule is CCCc1ccc([NH+](c2ccccc2)c2ccccc2)cc1. The zero-order chi connectivity index (χ0) is 15.2. The van der Waals surface area contributed by atoms with Gasteiger partial charge in [-0.1, -0.05) is 61.9 Å². The monoisotopic (exact) mass is 288 g/mol. The first kappa shape index (κ1) is 14.6. The second-order valence-electron chi connectivity index (χ2n) is 5.55. The van der Waals surface area contributed by atoms with E-state index < -0.39 is 0 Å². The number of aryl methyl sites for hydroxylation is 1. The fourth-order valence-corrected chi connectivity index (χ4v) is 2.84. The molecule has 0 aliphatic carbocycles. The van der Waals surface area contributed by atoms with Crippen LogP contribution >= 0.6 is 0 Å². The van der Waals surface area contributed by atoms with E-state index in [4.69, 9.17) is 0 Å². The van der Waals surface area contributed by atoms with Gasteiger partial charge in [-0.15, -0.1) is 0 Å². The quantitative estimate of drug-likeness (QED) is 0.686. The highest BCUT2D eigenvalue weighted by atomic mass is 15.1. The third-order valence-corrected chi connectivity index (χ3v) is 3.91. The molecule has 0 heterocycles. The first-order valence-electron chi connectivity index (χ1n) is 7.95. The Bertz CT molecular complexity index is 647. The maximum absolute atomic E-state index is 2.25. The second-order valence-corrected chi connectivity index (χ2v) is 5.55. The Hall–Kier alpha value is -2.38. The maximum atomic E-state index is 2.25. The maximum Gasteiger partial charge on any atom is 0.141 e. The molecular weight excluding hydrogens is 266 g/mol. The van der Waals surface area contributed by atoms with Crippen LogP contribution in [0.5, 0.6) is 0 Å². The molecule has 1 N–H and O–H groups in total. The van der Waals surface area contributed by atoms with Crippen molar-refractivity contribution in [3.63, 3.8) is 0 Å². The highest BCUT2D eigenvalue weighted by Crippen LogP contribution is 2.16. The lowest BCUT2D eigenvalue weighted by molar-refractivity contribution is -0.681. The lowest BCUT2D eigenvalue weighted by Gasteiger charge is -2.18. The average Bonchev–Trinajstić information content (AvgIpc) is 2.59.